The molecule has 0 unspecified atom stereocenters. The van der Waals surface area contributed by atoms with Gasteiger partial charge in [0.2, 0.25) is 5.78 Å². The molecule has 6 nitrogen and oxygen atoms in total. The van der Waals surface area contributed by atoms with Crippen LogP contribution >= 0.6 is 11.3 Å². The van der Waals surface area contributed by atoms with E-state index in [0.29, 0.717) is 27.9 Å². The maximum Gasteiger partial charge on any atom is 0.230 e. The predicted octanol–water partition coefficient (Wildman–Crippen LogP) is 4.48. The van der Waals surface area contributed by atoms with Crippen LogP contribution in [0.1, 0.15) is 21.1 Å². The zero-order valence-electron chi connectivity index (χ0n) is 13.8. The number of thiazole rings is 1. The van der Waals surface area contributed by atoms with Gasteiger partial charge in [0.15, 0.2) is 5.76 Å². The normalized spacial score (nSPS) is 11.0. The van der Waals surface area contributed by atoms with E-state index >= 15 is 0 Å². The van der Waals surface area contributed by atoms with Gasteiger partial charge >= 0.3 is 0 Å². The second-order valence-electron chi connectivity index (χ2n) is 5.83. The van der Waals surface area contributed by atoms with Crippen LogP contribution in [-0.4, -0.2) is 16.0 Å². The van der Waals surface area contributed by atoms with Crippen molar-refractivity contribution in [2.45, 2.75) is 6.92 Å². The summed E-state index contributed by atoms with van der Waals surface area (Å²) in [6.07, 6.45) is 0. The van der Waals surface area contributed by atoms with E-state index in [1.54, 1.807) is 29.5 Å². The first-order chi connectivity index (χ1) is 12.6. The molecule has 26 heavy (non-hydrogen) atoms. The summed E-state index contributed by atoms with van der Waals surface area (Å²) in [5.41, 5.74) is 11.5. The summed E-state index contributed by atoms with van der Waals surface area (Å²) >= 11 is 1.57. The Kier molecular flexibility index (Phi) is 3.95. The van der Waals surface area contributed by atoms with Gasteiger partial charge in [-0.2, -0.15) is 0 Å². The minimum atomic E-state index is -0.346. The lowest BCUT2D eigenvalue weighted by molar-refractivity contribution is 0.101. The number of nitrogens with zero attached hydrogens (tertiary/aromatic N) is 1. The molecule has 0 saturated heterocycles. The summed E-state index contributed by atoms with van der Waals surface area (Å²) in [7, 11) is 0. The Morgan fingerprint density at radius 1 is 1.27 bits per heavy atom. The number of carbonyl (C=O) groups excluding carboxylic acids is 1. The summed E-state index contributed by atoms with van der Waals surface area (Å²) in [6.45, 7) is 1.95. The molecular formula is C19H15N3O3S. The highest BCUT2D eigenvalue weighted by atomic mass is 32.1. The molecule has 4 rings (SSSR count). The maximum absolute atomic E-state index is 12.8. The molecule has 0 amide bonds. The Morgan fingerprint density at radius 2 is 2.12 bits per heavy atom. The second kappa shape index (κ2) is 6.29. The van der Waals surface area contributed by atoms with Crippen LogP contribution in [0, 0.1) is 6.92 Å². The van der Waals surface area contributed by atoms with Crippen molar-refractivity contribution >= 4 is 39.5 Å². The third-order valence-corrected chi connectivity index (χ3v) is 4.88. The van der Waals surface area contributed by atoms with E-state index in [1.165, 1.54) is 6.07 Å². The van der Waals surface area contributed by atoms with Crippen molar-refractivity contribution in [3.05, 3.63) is 64.2 Å². The summed E-state index contributed by atoms with van der Waals surface area (Å²) in [5.74, 6) is -0.261. The molecular weight excluding hydrogens is 350 g/mol. The topological polar surface area (TPSA) is 101 Å². The fourth-order valence-corrected chi connectivity index (χ4v) is 3.42. The SMILES string of the molecule is Cc1nc(-c2ccc3c(N)c(C(=O)c4cccc(NO)c4)oc3c2)cs1. The van der Waals surface area contributed by atoms with Gasteiger partial charge in [0, 0.05) is 21.9 Å². The van der Waals surface area contributed by atoms with Gasteiger partial charge in [0.1, 0.15) is 5.58 Å². The first-order valence-electron chi connectivity index (χ1n) is 7.86. The molecule has 130 valence electrons. The third-order valence-electron chi connectivity index (χ3n) is 4.10. The zero-order chi connectivity index (χ0) is 18.3. The number of benzene rings is 2. The number of hydrogen-bond acceptors (Lipinski definition) is 7. The van der Waals surface area contributed by atoms with E-state index in [2.05, 4.69) is 4.98 Å². The monoisotopic (exact) mass is 365 g/mol. The lowest BCUT2D eigenvalue weighted by Gasteiger charge is -2.02. The fourth-order valence-electron chi connectivity index (χ4n) is 2.80. The van der Waals surface area contributed by atoms with Gasteiger partial charge in [-0.15, -0.1) is 11.3 Å². The van der Waals surface area contributed by atoms with E-state index in [1.807, 2.05) is 36.0 Å². The first kappa shape index (κ1) is 16.3. The number of nitrogens with one attached hydrogen (secondary N) is 1. The molecule has 0 atom stereocenters. The Bertz CT molecular complexity index is 1130. The van der Waals surface area contributed by atoms with Gasteiger partial charge in [0.05, 0.1) is 22.1 Å². The summed E-state index contributed by atoms with van der Waals surface area (Å²) in [4.78, 5) is 17.2. The molecule has 0 saturated carbocycles. The van der Waals surface area contributed by atoms with E-state index in [0.717, 1.165) is 16.3 Å². The van der Waals surface area contributed by atoms with Gasteiger partial charge in [0.25, 0.3) is 0 Å². The number of anilines is 2. The molecule has 4 N–H and O–H groups in total. The molecule has 2 aromatic heterocycles. The number of nitrogens with two attached hydrogens (primary N) is 1. The van der Waals surface area contributed by atoms with Crippen LogP contribution in [0.3, 0.4) is 0 Å². The van der Waals surface area contributed by atoms with Crippen LogP contribution in [0.2, 0.25) is 0 Å². The Hall–Kier alpha value is -3.16. The molecule has 4 aromatic rings. The van der Waals surface area contributed by atoms with E-state index in [9.17, 15) is 4.79 Å². The number of aryl methyl sites for hydroxylation is 1. The zero-order valence-corrected chi connectivity index (χ0v) is 14.6. The lowest BCUT2D eigenvalue weighted by atomic mass is 10.1. The van der Waals surface area contributed by atoms with Crippen molar-refractivity contribution in [3.63, 3.8) is 0 Å². The van der Waals surface area contributed by atoms with Crippen molar-refractivity contribution in [1.82, 2.24) is 4.98 Å². The molecule has 2 heterocycles. The summed E-state index contributed by atoms with van der Waals surface area (Å²) in [5, 5.41) is 12.6. The quantitative estimate of drug-likeness (QED) is 0.364. The number of fused-ring (bicyclic) bond motifs is 1. The van der Waals surface area contributed by atoms with E-state index < -0.39 is 0 Å². The molecule has 0 radical (unpaired) electrons. The molecule has 0 fully saturated rings. The molecule has 0 aliphatic heterocycles. The minimum Gasteiger partial charge on any atom is -0.450 e. The second-order valence-corrected chi connectivity index (χ2v) is 6.89. The Labute approximate surface area is 152 Å². The average molecular weight is 365 g/mol. The first-order valence-corrected chi connectivity index (χ1v) is 8.74. The van der Waals surface area contributed by atoms with Crippen LogP contribution in [0.5, 0.6) is 0 Å². The highest BCUT2D eigenvalue weighted by Gasteiger charge is 2.21. The van der Waals surface area contributed by atoms with E-state index in [-0.39, 0.29) is 11.5 Å². The number of nitrogen functional groups attached to an aromatic ring is 1. The van der Waals surface area contributed by atoms with Gasteiger partial charge in [-0.1, -0.05) is 18.2 Å². The molecule has 0 aliphatic carbocycles. The highest BCUT2D eigenvalue weighted by Crippen LogP contribution is 2.33. The summed E-state index contributed by atoms with van der Waals surface area (Å²) in [6, 6.07) is 12.0. The third kappa shape index (κ3) is 2.73. The minimum absolute atomic E-state index is 0.0849. The van der Waals surface area contributed by atoms with Crippen molar-refractivity contribution in [2.24, 2.45) is 0 Å². The maximum atomic E-state index is 12.8. The van der Waals surface area contributed by atoms with Gasteiger partial charge < -0.3 is 10.2 Å². The largest absolute Gasteiger partial charge is 0.450 e. The van der Waals surface area contributed by atoms with Crippen LogP contribution in [0.4, 0.5) is 11.4 Å². The van der Waals surface area contributed by atoms with Crippen LogP contribution in [0.15, 0.2) is 52.3 Å². The number of carbonyl (C=O) groups is 1. The lowest BCUT2D eigenvalue weighted by Crippen LogP contribution is -2.03. The number of rotatable bonds is 4. The molecule has 0 spiro atoms. The number of aromatic nitrogens is 1. The average Bonchev–Trinajstić information content (AvgIpc) is 3.24. The van der Waals surface area contributed by atoms with Gasteiger partial charge in [-0.3, -0.25) is 15.5 Å². The predicted molar refractivity (Wildman–Crippen MR) is 102 cm³/mol. The van der Waals surface area contributed by atoms with Crippen LogP contribution in [0.25, 0.3) is 22.2 Å². The smallest absolute Gasteiger partial charge is 0.230 e. The van der Waals surface area contributed by atoms with Crippen molar-refractivity contribution in [1.29, 1.82) is 0 Å². The molecule has 0 bridgehead atoms. The van der Waals surface area contributed by atoms with Gasteiger partial charge in [-0.25, -0.2) is 4.98 Å². The van der Waals surface area contributed by atoms with Crippen molar-refractivity contribution < 1.29 is 14.4 Å². The molecule has 2 aromatic carbocycles. The summed E-state index contributed by atoms with van der Waals surface area (Å²) < 4.78 is 5.78. The highest BCUT2D eigenvalue weighted by molar-refractivity contribution is 7.09. The van der Waals surface area contributed by atoms with Crippen LogP contribution in [-0.2, 0) is 0 Å². The Morgan fingerprint density at radius 3 is 2.85 bits per heavy atom. The fraction of sp³-hybridized carbons (Fsp3) is 0.0526. The molecule has 7 heteroatoms. The number of hydrogen-bond donors (Lipinski definition) is 3. The van der Waals surface area contributed by atoms with Crippen LogP contribution < -0.4 is 11.2 Å². The van der Waals surface area contributed by atoms with Crippen molar-refractivity contribution in [2.75, 3.05) is 11.2 Å². The number of ketones is 1. The Balaban J connectivity index is 1.78. The van der Waals surface area contributed by atoms with Crippen molar-refractivity contribution in [3.8, 4) is 11.3 Å². The molecule has 0 aliphatic rings. The standard InChI is InChI=1S/C19H15N3O3S/c1-10-21-15(9-26-10)11-5-6-14-16(8-11)25-19(17(14)20)18(23)12-3-2-4-13(7-12)22-24/h2-9,22,24H,20H2,1H3. The van der Waals surface area contributed by atoms with Gasteiger partial charge in [-0.05, 0) is 31.2 Å². The van der Waals surface area contributed by atoms with E-state index in [4.69, 9.17) is 15.4 Å². The number of furan rings is 1.